The van der Waals surface area contributed by atoms with Gasteiger partial charge >= 0.3 is 0 Å². The zero-order valence-corrected chi connectivity index (χ0v) is 28.6. The molecule has 2 aliphatic rings. The topological polar surface area (TPSA) is 47.0 Å². The second kappa shape index (κ2) is 15.0. The van der Waals surface area contributed by atoms with E-state index in [0.717, 1.165) is 81.2 Å². The number of dihydropyridines is 1. The van der Waals surface area contributed by atoms with Crippen molar-refractivity contribution < 1.29 is 4.74 Å². The highest BCUT2D eigenvalue weighted by Crippen LogP contribution is 2.37. The van der Waals surface area contributed by atoms with E-state index in [-0.39, 0.29) is 6.04 Å². The predicted octanol–water partition coefficient (Wildman–Crippen LogP) is 11.0. The van der Waals surface area contributed by atoms with E-state index >= 15 is 0 Å². The Labute approximate surface area is 295 Å². The first-order valence-corrected chi connectivity index (χ1v) is 17.3. The molecule has 246 valence electrons. The van der Waals surface area contributed by atoms with Crippen LogP contribution in [0.3, 0.4) is 0 Å². The van der Waals surface area contributed by atoms with Gasteiger partial charge in [-0.3, -0.25) is 0 Å². The lowest BCUT2D eigenvalue weighted by Gasteiger charge is -2.24. The maximum absolute atomic E-state index is 6.36. The highest BCUT2D eigenvalue weighted by Gasteiger charge is 2.20. The quantitative estimate of drug-likeness (QED) is 0.114. The first-order valence-electron chi connectivity index (χ1n) is 17.3. The number of fused-ring (bicyclic) bond motifs is 1. The van der Waals surface area contributed by atoms with Crippen molar-refractivity contribution in [3.63, 3.8) is 0 Å². The molecule has 4 aromatic carbocycles. The molecule has 1 atom stereocenters. The van der Waals surface area contributed by atoms with Gasteiger partial charge in [0.1, 0.15) is 5.75 Å². The summed E-state index contributed by atoms with van der Waals surface area (Å²) in [6.45, 7) is 8.31. The van der Waals surface area contributed by atoms with Crippen molar-refractivity contribution in [1.29, 1.82) is 0 Å². The zero-order chi connectivity index (χ0) is 34.3. The lowest BCUT2D eigenvalue weighted by atomic mass is 9.96. The van der Waals surface area contributed by atoms with Gasteiger partial charge in [0, 0.05) is 29.7 Å². The molecule has 0 saturated heterocycles. The number of rotatable bonds is 11. The summed E-state index contributed by atoms with van der Waals surface area (Å²) in [5, 5.41) is 3.63. The van der Waals surface area contributed by atoms with Crippen LogP contribution < -0.4 is 10.1 Å². The number of hydrogen-bond donors (Lipinski definition) is 1. The van der Waals surface area contributed by atoms with Crippen LogP contribution in [-0.4, -0.2) is 16.0 Å². The number of aryl methyl sites for hydroxylation is 1. The Kier molecular flexibility index (Phi) is 9.79. The third-order valence-corrected chi connectivity index (χ3v) is 9.04. The Balaban J connectivity index is 1.18. The smallest absolute Gasteiger partial charge is 0.176 e. The van der Waals surface area contributed by atoms with Gasteiger partial charge in [-0.25, -0.2) is 9.97 Å². The molecule has 1 aliphatic carbocycles. The fraction of sp³-hybridized carbons (Fsp3) is 0.130. The molecule has 0 bridgehead atoms. The molecular weight excluding hydrogens is 611 g/mol. The molecule has 5 aromatic rings. The van der Waals surface area contributed by atoms with Gasteiger partial charge in [0.2, 0.25) is 0 Å². The van der Waals surface area contributed by atoms with Gasteiger partial charge in [-0.2, -0.15) is 0 Å². The van der Waals surface area contributed by atoms with Gasteiger partial charge in [-0.05, 0) is 71.9 Å². The average Bonchev–Trinajstić information content (AvgIpc) is 3.16. The molecule has 4 nitrogen and oxygen atoms in total. The molecular formula is C46H41N3O. The van der Waals surface area contributed by atoms with Gasteiger partial charge in [0.05, 0.1) is 23.2 Å². The Hall–Kier alpha value is -6.00. The third kappa shape index (κ3) is 7.50. The number of ether oxygens (including phenoxy) is 1. The normalized spacial score (nSPS) is 14.9. The summed E-state index contributed by atoms with van der Waals surface area (Å²) >= 11 is 0. The van der Waals surface area contributed by atoms with Crippen LogP contribution in [0.4, 0.5) is 0 Å². The molecule has 0 spiro atoms. The van der Waals surface area contributed by atoms with Gasteiger partial charge in [-0.15, -0.1) is 0 Å². The molecule has 0 amide bonds. The van der Waals surface area contributed by atoms with E-state index in [0.29, 0.717) is 5.82 Å². The Bertz CT molecular complexity index is 2170. The maximum atomic E-state index is 6.36. The SMILES string of the molecule is C=C(CC/C=C\C)Oc1c(C)cccc1-c1cccc(-c2ccc(-c3cc(Cc4ccccc4)nc(C4=CC=C5C=CC=CC5N4)n3)cc2)c1. The minimum atomic E-state index is 0.115. The summed E-state index contributed by atoms with van der Waals surface area (Å²) in [7, 11) is 0. The molecule has 1 aromatic heterocycles. The van der Waals surface area contributed by atoms with Crippen molar-refractivity contribution in [2.24, 2.45) is 0 Å². The molecule has 0 radical (unpaired) electrons. The number of para-hydroxylation sites is 1. The first kappa shape index (κ1) is 32.5. The van der Waals surface area contributed by atoms with Crippen LogP contribution in [0.1, 0.15) is 42.4 Å². The monoisotopic (exact) mass is 651 g/mol. The molecule has 0 fully saturated rings. The number of hydrogen-bond acceptors (Lipinski definition) is 4. The summed E-state index contributed by atoms with van der Waals surface area (Å²) in [5.74, 6) is 2.33. The highest BCUT2D eigenvalue weighted by molar-refractivity contribution is 5.78. The highest BCUT2D eigenvalue weighted by atomic mass is 16.5. The molecule has 2 heterocycles. The van der Waals surface area contributed by atoms with E-state index in [1.165, 1.54) is 11.1 Å². The van der Waals surface area contributed by atoms with Crippen LogP contribution >= 0.6 is 0 Å². The van der Waals surface area contributed by atoms with E-state index in [1.807, 2.05) is 13.0 Å². The number of aromatic nitrogens is 2. The van der Waals surface area contributed by atoms with Gasteiger partial charge in [-0.1, -0.05) is 140 Å². The molecule has 1 N–H and O–H groups in total. The number of allylic oxidation sites excluding steroid dienone is 7. The lowest BCUT2D eigenvalue weighted by molar-refractivity contribution is 0.406. The van der Waals surface area contributed by atoms with Crippen molar-refractivity contribution >= 4 is 5.70 Å². The molecule has 0 saturated carbocycles. The minimum Gasteiger partial charge on any atom is -0.461 e. The summed E-state index contributed by atoms with van der Waals surface area (Å²) in [6, 6.07) is 36.3. The maximum Gasteiger partial charge on any atom is 0.176 e. The molecule has 1 aliphatic heterocycles. The summed E-state index contributed by atoms with van der Waals surface area (Å²) in [4.78, 5) is 10.1. The molecule has 50 heavy (non-hydrogen) atoms. The summed E-state index contributed by atoms with van der Waals surface area (Å²) in [5.41, 5.74) is 11.8. The van der Waals surface area contributed by atoms with E-state index in [2.05, 4.69) is 164 Å². The zero-order valence-electron chi connectivity index (χ0n) is 28.6. The Morgan fingerprint density at radius 3 is 2.46 bits per heavy atom. The van der Waals surface area contributed by atoms with Crippen LogP contribution in [0.2, 0.25) is 0 Å². The minimum absolute atomic E-state index is 0.115. The molecule has 1 unspecified atom stereocenters. The van der Waals surface area contributed by atoms with Crippen molar-refractivity contribution in [2.75, 3.05) is 0 Å². The van der Waals surface area contributed by atoms with Crippen molar-refractivity contribution in [2.45, 2.75) is 39.2 Å². The van der Waals surface area contributed by atoms with Gasteiger partial charge < -0.3 is 10.1 Å². The largest absolute Gasteiger partial charge is 0.461 e. The molecule has 4 heteroatoms. The second-order valence-corrected chi connectivity index (χ2v) is 12.7. The number of benzene rings is 4. The van der Waals surface area contributed by atoms with Gasteiger partial charge in [0.15, 0.2) is 5.82 Å². The van der Waals surface area contributed by atoms with Gasteiger partial charge in [0.25, 0.3) is 0 Å². The summed E-state index contributed by atoms with van der Waals surface area (Å²) in [6.07, 6.45) is 19.3. The van der Waals surface area contributed by atoms with Crippen LogP contribution in [0.15, 0.2) is 170 Å². The fourth-order valence-electron chi connectivity index (χ4n) is 6.36. The number of nitrogens with zero attached hydrogens (tertiary/aromatic N) is 2. The standard InChI is InChI=1S/C46H41N3O/c1-4-5-7-15-33(3)50-45-32(2)14-12-21-41(45)39-20-13-19-38(30-39)35-23-25-37(26-24-35)44-31-40(29-34-16-8-6-9-17-34)47-46(49-44)43-28-27-36-18-10-11-22-42(36)48-43/h4-6,8-14,16-28,30-31,42,48H,3,7,15,29H2,1-2H3/b5-4-. The van der Waals surface area contributed by atoms with E-state index in [4.69, 9.17) is 14.7 Å². The lowest BCUT2D eigenvalue weighted by Crippen LogP contribution is -2.31. The number of nitrogens with one attached hydrogen (secondary N) is 1. The Morgan fingerprint density at radius 1 is 0.820 bits per heavy atom. The van der Waals surface area contributed by atoms with Crippen LogP contribution in [0.5, 0.6) is 5.75 Å². The first-order chi connectivity index (χ1) is 24.5. The van der Waals surface area contributed by atoms with E-state index < -0.39 is 0 Å². The van der Waals surface area contributed by atoms with Crippen molar-refractivity contribution in [1.82, 2.24) is 15.3 Å². The van der Waals surface area contributed by atoms with Crippen molar-refractivity contribution in [3.05, 3.63) is 192 Å². The Morgan fingerprint density at radius 2 is 1.62 bits per heavy atom. The average molecular weight is 652 g/mol. The van der Waals surface area contributed by atoms with E-state index in [9.17, 15) is 0 Å². The second-order valence-electron chi connectivity index (χ2n) is 12.7. The molecule has 7 rings (SSSR count). The van der Waals surface area contributed by atoms with Crippen molar-refractivity contribution in [3.8, 4) is 39.3 Å². The third-order valence-electron chi connectivity index (χ3n) is 9.04. The predicted molar refractivity (Wildman–Crippen MR) is 207 cm³/mol. The fourth-order valence-corrected chi connectivity index (χ4v) is 6.36. The van der Waals surface area contributed by atoms with E-state index in [1.54, 1.807) is 0 Å². The van der Waals surface area contributed by atoms with Crippen LogP contribution in [-0.2, 0) is 6.42 Å². The van der Waals surface area contributed by atoms with Crippen LogP contribution in [0, 0.1) is 6.92 Å². The van der Waals surface area contributed by atoms with Crippen LogP contribution in [0.25, 0.3) is 39.2 Å². The summed E-state index contributed by atoms with van der Waals surface area (Å²) < 4.78 is 6.36.